The van der Waals surface area contributed by atoms with E-state index in [1.165, 1.54) is 11.4 Å². The molecule has 0 N–H and O–H groups in total. The Balaban J connectivity index is 1.39. The molecule has 0 bridgehead atoms. The number of ether oxygens (including phenoxy) is 1. The Bertz CT molecular complexity index is 1390. The number of likely N-dealkylation sites (N-methyl/N-ethyl adjacent to an activating group) is 1. The van der Waals surface area contributed by atoms with Crippen molar-refractivity contribution in [3.63, 3.8) is 0 Å². The molecule has 1 amide bonds. The number of benzene rings is 3. The molecule has 0 unspecified atom stereocenters. The van der Waals surface area contributed by atoms with E-state index >= 15 is 0 Å². The predicted octanol–water partition coefficient (Wildman–Crippen LogP) is 4.10. The highest BCUT2D eigenvalue weighted by Crippen LogP contribution is 2.26. The maximum atomic E-state index is 13.1. The van der Waals surface area contributed by atoms with Crippen LogP contribution >= 0.6 is 0 Å². The predicted molar refractivity (Wildman–Crippen MR) is 132 cm³/mol. The molecule has 0 aliphatic carbocycles. The summed E-state index contributed by atoms with van der Waals surface area (Å²) >= 11 is 0. The molecule has 0 radical (unpaired) electrons. The summed E-state index contributed by atoms with van der Waals surface area (Å²) in [5, 5.41) is 1.84. The fraction of sp³-hybridized carbons (Fsp3) is 0.154. The van der Waals surface area contributed by atoms with Gasteiger partial charge >= 0.3 is 0 Å². The third-order valence-corrected chi connectivity index (χ3v) is 7.29. The Morgan fingerprint density at radius 2 is 1.65 bits per heavy atom. The first-order valence-corrected chi connectivity index (χ1v) is 12.1. The van der Waals surface area contributed by atoms with Crippen molar-refractivity contribution in [2.45, 2.75) is 11.4 Å². The van der Waals surface area contributed by atoms with Crippen molar-refractivity contribution in [3.05, 3.63) is 96.8 Å². The lowest BCUT2D eigenvalue weighted by Gasteiger charge is -2.20. The molecule has 0 saturated carbocycles. The maximum absolute atomic E-state index is 13.1. The number of rotatable bonds is 8. The summed E-state index contributed by atoms with van der Waals surface area (Å²) in [7, 11) is -0.522. The van der Waals surface area contributed by atoms with Gasteiger partial charge in [-0.25, -0.2) is 8.42 Å². The number of hydrogen-bond acceptors (Lipinski definition) is 5. The van der Waals surface area contributed by atoms with Crippen molar-refractivity contribution in [1.82, 2.24) is 9.88 Å². The zero-order valence-corrected chi connectivity index (χ0v) is 19.8. The van der Waals surface area contributed by atoms with Crippen molar-refractivity contribution in [2.75, 3.05) is 25.0 Å². The van der Waals surface area contributed by atoms with Crippen LogP contribution in [0.25, 0.3) is 10.8 Å². The SMILES string of the molecule is CN(Cc1cccnc1)C(=O)COc1ccc(N(C)S(=O)(=O)c2ccc3ccccc3c2)cc1. The fourth-order valence-corrected chi connectivity index (χ4v) is 4.72. The van der Waals surface area contributed by atoms with Crippen LogP contribution in [0.2, 0.25) is 0 Å². The summed E-state index contributed by atoms with van der Waals surface area (Å²) in [4.78, 5) is 18.2. The summed E-state index contributed by atoms with van der Waals surface area (Å²) in [6.07, 6.45) is 3.40. The van der Waals surface area contributed by atoms with Gasteiger partial charge in [0.1, 0.15) is 5.75 Å². The molecule has 1 aromatic heterocycles. The minimum atomic E-state index is -3.74. The monoisotopic (exact) mass is 475 g/mol. The molecular formula is C26H25N3O4S. The van der Waals surface area contributed by atoms with E-state index in [4.69, 9.17) is 4.74 Å². The van der Waals surface area contributed by atoms with Crippen LogP contribution in [-0.4, -0.2) is 44.9 Å². The van der Waals surface area contributed by atoms with Crippen LogP contribution in [0.3, 0.4) is 0 Å². The van der Waals surface area contributed by atoms with Crippen molar-refractivity contribution in [2.24, 2.45) is 0 Å². The van der Waals surface area contributed by atoms with Gasteiger partial charge in [-0.15, -0.1) is 0 Å². The van der Waals surface area contributed by atoms with Crippen LogP contribution in [0, 0.1) is 0 Å². The average molecular weight is 476 g/mol. The van der Waals surface area contributed by atoms with Gasteiger partial charge in [-0.1, -0.05) is 36.4 Å². The quantitative estimate of drug-likeness (QED) is 0.383. The van der Waals surface area contributed by atoms with E-state index in [1.807, 2.05) is 36.4 Å². The lowest BCUT2D eigenvalue weighted by atomic mass is 10.1. The number of aromatic nitrogens is 1. The minimum absolute atomic E-state index is 0.124. The van der Waals surface area contributed by atoms with E-state index in [9.17, 15) is 13.2 Å². The Hall–Kier alpha value is -3.91. The average Bonchev–Trinajstić information content (AvgIpc) is 2.87. The maximum Gasteiger partial charge on any atom is 0.264 e. The first-order chi connectivity index (χ1) is 16.3. The molecule has 34 heavy (non-hydrogen) atoms. The van der Waals surface area contributed by atoms with Crippen LogP contribution < -0.4 is 9.04 Å². The number of fused-ring (bicyclic) bond motifs is 1. The number of sulfonamides is 1. The van der Waals surface area contributed by atoms with E-state index < -0.39 is 10.0 Å². The first-order valence-electron chi connectivity index (χ1n) is 10.7. The molecular weight excluding hydrogens is 450 g/mol. The van der Waals surface area contributed by atoms with Crippen LogP contribution in [-0.2, 0) is 21.4 Å². The van der Waals surface area contributed by atoms with Gasteiger partial charge in [0, 0.05) is 33.0 Å². The highest BCUT2D eigenvalue weighted by atomic mass is 32.2. The van der Waals surface area contributed by atoms with Gasteiger partial charge in [0.2, 0.25) is 0 Å². The number of anilines is 1. The van der Waals surface area contributed by atoms with E-state index in [-0.39, 0.29) is 17.4 Å². The topological polar surface area (TPSA) is 79.8 Å². The normalized spacial score (nSPS) is 11.2. The highest BCUT2D eigenvalue weighted by molar-refractivity contribution is 7.92. The van der Waals surface area contributed by atoms with Gasteiger partial charge in [0.25, 0.3) is 15.9 Å². The zero-order chi connectivity index (χ0) is 24.1. The molecule has 1 heterocycles. The summed E-state index contributed by atoms with van der Waals surface area (Å²) in [6, 6.07) is 23.0. The molecule has 174 valence electrons. The van der Waals surface area contributed by atoms with Crippen molar-refractivity contribution in [1.29, 1.82) is 0 Å². The van der Waals surface area contributed by atoms with Crippen LogP contribution in [0.1, 0.15) is 5.56 Å². The largest absolute Gasteiger partial charge is 0.484 e. The van der Waals surface area contributed by atoms with Gasteiger partial charge in [-0.05, 0) is 58.8 Å². The lowest BCUT2D eigenvalue weighted by molar-refractivity contribution is -0.132. The zero-order valence-electron chi connectivity index (χ0n) is 19.0. The third-order valence-electron chi connectivity index (χ3n) is 5.51. The van der Waals surface area contributed by atoms with E-state index in [0.29, 0.717) is 18.0 Å². The summed E-state index contributed by atoms with van der Waals surface area (Å²) < 4.78 is 33.1. The number of hydrogen-bond donors (Lipinski definition) is 0. The molecule has 0 spiro atoms. The minimum Gasteiger partial charge on any atom is -0.484 e. The third kappa shape index (κ3) is 5.18. The smallest absolute Gasteiger partial charge is 0.264 e. The van der Waals surface area contributed by atoms with Crippen molar-refractivity contribution < 1.29 is 17.9 Å². The summed E-state index contributed by atoms with van der Waals surface area (Å²) in [5.74, 6) is 0.298. The van der Waals surface area contributed by atoms with Gasteiger partial charge in [-0.3, -0.25) is 14.1 Å². The van der Waals surface area contributed by atoms with Crippen LogP contribution in [0.4, 0.5) is 5.69 Å². The first kappa shape index (κ1) is 23.3. The van der Waals surface area contributed by atoms with E-state index in [0.717, 1.165) is 16.3 Å². The number of amides is 1. The molecule has 4 rings (SSSR count). The highest BCUT2D eigenvalue weighted by Gasteiger charge is 2.21. The summed E-state index contributed by atoms with van der Waals surface area (Å²) in [6.45, 7) is 0.313. The Labute approximate surface area is 199 Å². The number of nitrogens with zero attached hydrogens (tertiary/aromatic N) is 3. The number of pyridine rings is 1. The van der Waals surface area contributed by atoms with Crippen molar-refractivity contribution in [3.8, 4) is 5.75 Å². The molecule has 7 nitrogen and oxygen atoms in total. The molecule has 4 aromatic rings. The second kappa shape index (κ2) is 9.93. The second-order valence-corrected chi connectivity index (χ2v) is 9.84. The van der Waals surface area contributed by atoms with Crippen LogP contribution in [0.5, 0.6) is 5.75 Å². The second-order valence-electron chi connectivity index (χ2n) is 7.88. The standard InChI is InChI=1S/C26H25N3O4S/c1-28(18-20-6-5-15-27-17-20)26(30)19-33-24-12-10-23(11-13-24)29(2)34(31,32)25-14-9-21-7-3-4-8-22(21)16-25/h3-17H,18-19H2,1-2H3. The molecule has 0 aliphatic heterocycles. The molecule has 0 saturated heterocycles. The lowest BCUT2D eigenvalue weighted by Crippen LogP contribution is -2.31. The fourth-order valence-electron chi connectivity index (χ4n) is 3.49. The number of carbonyl (C=O) groups excluding carboxylic acids is 1. The summed E-state index contributed by atoms with van der Waals surface area (Å²) in [5.41, 5.74) is 1.42. The van der Waals surface area contributed by atoms with Crippen molar-refractivity contribution >= 4 is 32.4 Å². The molecule has 8 heteroatoms. The molecule has 3 aromatic carbocycles. The van der Waals surface area contributed by atoms with E-state index in [1.54, 1.807) is 66.8 Å². The van der Waals surface area contributed by atoms with Crippen LogP contribution in [0.15, 0.2) is 96.2 Å². The molecule has 0 atom stereocenters. The van der Waals surface area contributed by atoms with Gasteiger partial charge in [0.15, 0.2) is 6.61 Å². The molecule has 0 aliphatic rings. The molecule has 0 fully saturated rings. The number of carbonyl (C=O) groups is 1. The Kier molecular flexibility index (Phi) is 6.79. The Morgan fingerprint density at radius 1 is 0.912 bits per heavy atom. The Morgan fingerprint density at radius 3 is 2.35 bits per heavy atom. The van der Waals surface area contributed by atoms with Gasteiger partial charge < -0.3 is 9.64 Å². The van der Waals surface area contributed by atoms with E-state index in [2.05, 4.69) is 4.98 Å². The van der Waals surface area contributed by atoms with Gasteiger partial charge in [-0.2, -0.15) is 0 Å². The van der Waals surface area contributed by atoms with Gasteiger partial charge in [0.05, 0.1) is 10.6 Å².